The molecule has 19 heavy (non-hydrogen) atoms. The summed E-state index contributed by atoms with van der Waals surface area (Å²) in [6.45, 7) is 0. The molecule has 0 bridgehead atoms. The van der Waals surface area contributed by atoms with Crippen molar-refractivity contribution in [1.29, 1.82) is 0 Å². The standard InChI is InChI=1S/C10H5O8.In/c11-7(12)3-1-2-4(8(13)14)6(10(17)18)5(3)9(15)16;/h1H,(H,11,12)(H,13,14)(H,15,16)(H,17,18);. The average Bonchev–Trinajstić information content (AvgIpc) is 2.25. The molecule has 1 aromatic rings. The van der Waals surface area contributed by atoms with Crippen LogP contribution in [0.25, 0.3) is 0 Å². The van der Waals surface area contributed by atoms with Gasteiger partial charge >= 0.3 is 119 Å². The molecule has 0 aliphatic carbocycles. The van der Waals surface area contributed by atoms with Crippen molar-refractivity contribution in [2.24, 2.45) is 0 Å². The summed E-state index contributed by atoms with van der Waals surface area (Å²) in [4.78, 5) is 44.1. The van der Waals surface area contributed by atoms with Gasteiger partial charge in [-0.2, -0.15) is 0 Å². The summed E-state index contributed by atoms with van der Waals surface area (Å²) >= 11 is 0.128. The van der Waals surface area contributed by atoms with Gasteiger partial charge in [0.15, 0.2) is 0 Å². The van der Waals surface area contributed by atoms with E-state index < -0.39 is 46.1 Å². The number of carboxylic acid groups (broad SMARTS) is 4. The minimum atomic E-state index is -1.81. The van der Waals surface area contributed by atoms with Crippen molar-refractivity contribution in [2.75, 3.05) is 0 Å². The third-order valence-corrected chi connectivity index (χ3v) is 3.53. The summed E-state index contributed by atoms with van der Waals surface area (Å²) in [6, 6.07) is 0.879. The first-order chi connectivity index (χ1) is 8.68. The Kier molecular flexibility index (Phi) is 4.20. The summed E-state index contributed by atoms with van der Waals surface area (Å²) in [5.41, 5.74) is -3.47. The van der Waals surface area contributed by atoms with Crippen molar-refractivity contribution in [3.8, 4) is 0 Å². The molecule has 0 heterocycles. The molecule has 0 amide bonds. The van der Waals surface area contributed by atoms with Crippen LogP contribution in [-0.4, -0.2) is 68.7 Å². The Bertz CT molecular complexity index is 618. The van der Waals surface area contributed by atoms with E-state index >= 15 is 0 Å². The van der Waals surface area contributed by atoms with Crippen molar-refractivity contribution in [2.45, 2.75) is 0 Å². The summed E-state index contributed by atoms with van der Waals surface area (Å²) in [7, 11) is 0. The normalized spacial score (nSPS) is 9.89. The first kappa shape index (κ1) is 15.0. The summed E-state index contributed by atoms with van der Waals surface area (Å²) in [5, 5.41) is 35.7. The van der Waals surface area contributed by atoms with Gasteiger partial charge in [-0.05, 0) is 0 Å². The number of rotatable bonds is 4. The van der Waals surface area contributed by atoms with Gasteiger partial charge < -0.3 is 0 Å². The zero-order valence-corrected chi connectivity index (χ0v) is 12.4. The van der Waals surface area contributed by atoms with Crippen LogP contribution in [0.1, 0.15) is 41.4 Å². The van der Waals surface area contributed by atoms with E-state index in [1.54, 1.807) is 0 Å². The molecule has 0 spiro atoms. The first-order valence-corrected chi connectivity index (χ1v) is 6.22. The first-order valence-electron chi connectivity index (χ1n) is 4.58. The zero-order valence-electron chi connectivity index (χ0n) is 9.08. The molecule has 2 radical (unpaired) electrons. The maximum atomic E-state index is 11.1. The quantitative estimate of drug-likeness (QED) is 0.544. The Morgan fingerprint density at radius 1 is 0.737 bits per heavy atom. The van der Waals surface area contributed by atoms with Crippen LogP contribution in [0.2, 0.25) is 0 Å². The maximum absolute atomic E-state index is 11.1. The fourth-order valence-corrected chi connectivity index (χ4v) is 2.78. The van der Waals surface area contributed by atoms with E-state index in [1.807, 2.05) is 0 Å². The third-order valence-electron chi connectivity index (χ3n) is 2.23. The Hall–Kier alpha value is -2.03. The molecule has 1 aromatic carbocycles. The predicted octanol–water partition coefficient (Wildman–Crippen LogP) is -0.727. The number of benzene rings is 1. The van der Waals surface area contributed by atoms with Gasteiger partial charge in [-0.15, -0.1) is 0 Å². The molecule has 0 aliphatic rings. The van der Waals surface area contributed by atoms with E-state index in [0.29, 0.717) is 0 Å². The second-order valence-electron chi connectivity index (χ2n) is 3.36. The molecule has 8 nitrogen and oxygen atoms in total. The Labute approximate surface area is 119 Å². The molecule has 0 saturated heterocycles. The molecule has 0 atom stereocenters. The number of aromatic carboxylic acids is 4. The van der Waals surface area contributed by atoms with Crippen molar-refractivity contribution in [3.05, 3.63) is 28.3 Å². The Morgan fingerprint density at radius 2 is 1.16 bits per heavy atom. The molecule has 96 valence electrons. The van der Waals surface area contributed by atoms with Crippen LogP contribution in [0.4, 0.5) is 0 Å². The summed E-state index contributed by atoms with van der Waals surface area (Å²) in [6.07, 6.45) is 0. The minimum absolute atomic E-state index is 0.0160. The predicted molar refractivity (Wildman–Crippen MR) is 59.7 cm³/mol. The average molecular weight is 368 g/mol. The monoisotopic (exact) mass is 368 g/mol. The second kappa shape index (κ2) is 5.31. The van der Waals surface area contributed by atoms with Gasteiger partial charge in [-0.1, -0.05) is 0 Å². The van der Waals surface area contributed by atoms with Crippen LogP contribution in [0.15, 0.2) is 6.07 Å². The number of hydrogen-bond donors (Lipinski definition) is 4. The Morgan fingerprint density at radius 3 is 1.47 bits per heavy atom. The van der Waals surface area contributed by atoms with Crippen LogP contribution in [-0.2, 0) is 0 Å². The molecule has 0 saturated carbocycles. The van der Waals surface area contributed by atoms with E-state index in [-0.39, 0.29) is 27.7 Å². The van der Waals surface area contributed by atoms with Crippen LogP contribution in [0.3, 0.4) is 0 Å². The van der Waals surface area contributed by atoms with Gasteiger partial charge in [-0.3, -0.25) is 0 Å². The number of carboxylic acids is 4. The fraction of sp³-hybridized carbons (Fsp3) is 0. The van der Waals surface area contributed by atoms with E-state index in [9.17, 15) is 19.2 Å². The van der Waals surface area contributed by atoms with E-state index in [0.717, 1.165) is 6.07 Å². The SMILES string of the molecule is O=C(O)c1c[c]([In])c(C(=O)O)c(C(=O)O)c1C(=O)O. The van der Waals surface area contributed by atoms with Crippen LogP contribution < -0.4 is 3.32 Å². The molecule has 0 aliphatic heterocycles. The molecular weight excluding hydrogens is 363 g/mol. The Balaban J connectivity index is 3.98. The van der Waals surface area contributed by atoms with Gasteiger partial charge in [0.25, 0.3) is 0 Å². The zero-order chi connectivity index (χ0) is 14.9. The molecule has 0 unspecified atom stereocenters. The van der Waals surface area contributed by atoms with Gasteiger partial charge in [-0.25, -0.2) is 0 Å². The number of carbonyl (C=O) groups is 4. The van der Waals surface area contributed by atoms with Gasteiger partial charge in [0.1, 0.15) is 0 Å². The fourth-order valence-electron chi connectivity index (χ4n) is 1.54. The van der Waals surface area contributed by atoms with E-state index in [4.69, 9.17) is 20.4 Å². The molecule has 9 heteroatoms. The van der Waals surface area contributed by atoms with Gasteiger partial charge in [0.05, 0.1) is 0 Å². The molecule has 0 aromatic heterocycles. The second-order valence-corrected chi connectivity index (χ2v) is 5.13. The van der Waals surface area contributed by atoms with Gasteiger partial charge in [0.2, 0.25) is 0 Å². The van der Waals surface area contributed by atoms with Crippen molar-refractivity contribution in [1.82, 2.24) is 0 Å². The molecule has 1 rings (SSSR count). The van der Waals surface area contributed by atoms with E-state index in [2.05, 4.69) is 0 Å². The number of hydrogen-bond acceptors (Lipinski definition) is 4. The van der Waals surface area contributed by atoms with Crippen LogP contribution >= 0.6 is 0 Å². The van der Waals surface area contributed by atoms with Crippen molar-refractivity contribution < 1.29 is 39.6 Å². The van der Waals surface area contributed by atoms with E-state index in [1.165, 1.54) is 0 Å². The van der Waals surface area contributed by atoms with Gasteiger partial charge in [0, 0.05) is 0 Å². The van der Waals surface area contributed by atoms with Crippen LogP contribution in [0, 0.1) is 0 Å². The summed E-state index contributed by atoms with van der Waals surface area (Å²) < 4.78 is -0.0160. The third kappa shape index (κ3) is 2.70. The van der Waals surface area contributed by atoms with Crippen LogP contribution in [0.5, 0.6) is 0 Å². The molecule has 4 N–H and O–H groups in total. The van der Waals surface area contributed by atoms with Crippen molar-refractivity contribution >= 4 is 51.6 Å². The van der Waals surface area contributed by atoms with Crippen molar-refractivity contribution in [3.63, 3.8) is 0 Å². The molecular formula is C10H5InO8. The topological polar surface area (TPSA) is 149 Å². The molecule has 0 fully saturated rings. The summed E-state index contributed by atoms with van der Waals surface area (Å²) in [5.74, 6) is -6.85.